The number of nitrogens with one attached hydrogen (secondary N) is 2. The van der Waals surface area contributed by atoms with Crippen molar-refractivity contribution in [3.05, 3.63) is 34.8 Å². The second-order valence-corrected chi connectivity index (χ2v) is 7.22. The molecule has 0 amide bonds. The number of aromatic nitrogens is 4. The standard InChI is InChI=1S/C12H13N5O3S2/c1-7-11(8(2)15-14-7)22(18,19)13-6-10-16-17-12(20-10)9-4-3-5-21-9/h3-5,13H,6H2,1-2H3,(H,14,15). The molecule has 0 atom stereocenters. The molecule has 2 N–H and O–H groups in total. The number of sulfonamides is 1. The van der Waals surface area contributed by atoms with Gasteiger partial charge in [0.05, 0.1) is 22.8 Å². The lowest BCUT2D eigenvalue weighted by atomic mass is 10.4. The molecule has 0 saturated heterocycles. The van der Waals surface area contributed by atoms with Crippen molar-refractivity contribution in [2.45, 2.75) is 25.3 Å². The molecular weight excluding hydrogens is 326 g/mol. The molecule has 3 rings (SSSR count). The number of aromatic amines is 1. The highest BCUT2D eigenvalue weighted by Gasteiger charge is 2.22. The summed E-state index contributed by atoms with van der Waals surface area (Å²) in [5, 5.41) is 16.2. The first-order chi connectivity index (χ1) is 10.5. The van der Waals surface area contributed by atoms with Crippen LogP contribution in [0.4, 0.5) is 0 Å². The van der Waals surface area contributed by atoms with Gasteiger partial charge in [-0.25, -0.2) is 13.1 Å². The molecule has 3 aromatic heterocycles. The van der Waals surface area contributed by atoms with Gasteiger partial charge in [0.1, 0.15) is 4.90 Å². The van der Waals surface area contributed by atoms with Gasteiger partial charge in [0.2, 0.25) is 15.9 Å². The second kappa shape index (κ2) is 5.63. The SMILES string of the molecule is Cc1n[nH]c(C)c1S(=O)(=O)NCc1nnc(-c2cccs2)o1. The summed E-state index contributed by atoms with van der Waals surface area (Å²) in [6.07, 6.45) is 0. The van der Waals surface area contributed by atoms with E-state index in [9.17, 15) is 8.42 Å². The van der Waals surface area contributed by atoms with Crippen molar-refractivity contribution < 1.29 is 12.8 Å². The van der Waals surface area contributed by atoms with Crippen LogP contribution in [0.1, 0.15) is 17.3 Å². The number of hydrogen-bond donors (Lipinski definition) is 2. The predicted octanol–water partition coefficient (Wildman–Crippen LogP) is 1.62. The molecule has 3 aromatic rings. The first-order valence-electron chi connectivity index (χ1n) is 6.35. The fourth-order valence-corrected chi connectivity index (χ4v) is 3.98. The smallest absolute Gasteiger partial charge is 0.257 e. The maximum absolute atomic E-state index is 12.3. The molecule has 0 aromatic carbocycles. The number of rotatable bonds is 5. The molecule has 0 bridgehead atoms. The summed E-state index contributed by atoms with van der Waals surface area (Å²) in [4.78, 5) is 0.980. The third-order valence-corrected chi connectivity index (χ3v) is 5.46. The van der Waals surface area contributed by atoms with Crippen molar-refractivity contribution in [1.82, 2.24) is 25.1 Å². The fraction of sp³-hybridized carbons (Fsp3) is 0.250. The molecule has 0 fully saturated rings. The Labute approximate surface area is 130 Å². The third kappa shape index (κ3) is 2.80. The van der Waals surface area contributed by atoms with Gasteiger partial charge in [0.25, 0.3) is 5.89 Å². The van der Waals surface area contributed by atoms with Crippen molar-refractivity contribution in [1.29, 1.82) is 0 Å². The molecule has 0 aliphatic carbocycles. The molecule has 0 aliphatic rings. The Bertz CT molecular complexity index is 860. The van der Waals surface area contributed by atoms with Crippen LogP contribution in [0.25, 0.3) is 10.8 Å². The molecule has 0 saturated carbocycles. The quantitative estimate of drug-likeness (QED) is 0.730. The monoisotopic (exact) mass is 339 g/mol. The number of aryl methyl sites for hydroxylation is 2. The van der Waals surface area contributed by atoms with E-state index in [-0.39, 0.29) is 17.3 Å². The van der Waals surface area contributed by atoms with E-state index in [1.165, 1.54) is 11.3 Å². The Morgan fingerprint density at radius 3 is 2.82 bits per heavy atom. The maximum atomic E-state index is 12.3. The number of thiophene rings is 1. The van der Waals surface area contributed by atoms with Crippen LogP contribution in [0.5, 0.6) is 0 Å². The normalized spacial score (nSPS) is 11.9. The Hall–Kier alpha value is -2.04. The molecule has 3 heterocycles. The van der Waals surface area contributed by atoms with E-state index in [2.05, 4.69) is 25.1 Å². The molecular formula is C12H13N5O3S2. The van der Waals surface area contributed by atoms with E-state index in [0.29, 0.717) is 17.3 Å². The molecule has 0 unspecified atom stereocenters. The first kappa shape index (κ1) is 14.9. The third-order valence-electron chi connectivity index (χ3n) is 2.94. The van der Waals surface area contributed by atoms with E-state index in [0.717, 1.165) is 4.88 Å². The van der Waals surface area contributed by atoms with Crippen molar-refractivity contribution in [2.24, 2.45) is 0 Å². The van der Waals surface area contributed by atoms with Gasteiger partial charge in [-0.2, -0.15) is 5.10 Å². The summed E-state index contributed by atoms with van der Waals surface area (Å²) in [6.45, 7) is 3.20. The van der Waals surface area contributed by atoms with E-state index >= 15 is 0 Å². The largest absolute Gasteiger partial charge is 0.418 e. The van der Waals surface area contributed by atoms with Crippen LogP contribution in [0.2, 0.25) is 0 Å². The minimum absolute atomic E-state index is 0.0786. The summed E-state index contributed by atoms with van der Waals surface area (Å²) in [5.74, 6) is 0.575. The van der Waals surface area contributed by atoms with Gasteiger partial charge in [-0.15, -0.1) is 21.5 Å². The van der Waals surface area contributed by atoms with Crippen LogP contribution >= 0.6 is 11.3 Å². The van der Waals surface area contributed by atoms with E-state index < -0.39 is 10.0 Å². The topological polar surface area (TPSA) is 114 Å². The maximum Gasteiger partial charge on any atom is 0.257 e. The molecule has 10 heteroatoms. The lowest BCUT2D eigenvalue weighted by Gasteiger charge is -2.04. The molecule has 22 heavy (non-hydrogen) atoms. The average Bonchev–Trinajstić information content (AvgIpc) is 3.17. The van der Waals surface area contributed by atoms with Crippen molar-refractivity contribution >= 4 is 21.4 Å². The number of H-pyrrole nitrogens is 1. The van der Waals surface area contributed by atoms with Gasteiger partial charge in [-0.3, -0.25) is 5.10 Å². The highest BCUT2D eigenvalue weighted by molar-refractivity contribution is 7.89. The minimum atomic E-state index is -3.69. The zero-order valence-electron chi connectivity index (χ0n) is 11.8. The van der Waals surface area contributed by atoms with Crippen LogP contribution in [0, 0.1) is 13.8 Å². The minimum Gasteiger partial charge on any atom is -0.418 e. The molecule has 116 valence electrons. The van der Waals surface area contributed by atoms with Gasteiger partial charge in [-0.05, 0) is 25.3 Å². The summed E-state index contributed by atoms with van der Waals surface area (Å²) < 4.78 is 32.4. The Morgan fingerprint density at radius 1 is 1.36 bits per heavy atom. The predicted molar refractivity (Wildman–Crippen MR) is 79.7 cm³/mol. The van der Waals surface area contributed by atoms with E-state index in [1.54, 1.807) is 13.8 Å². The average molecular weight is 339 g/mol. The van der Waals surface area contributed by atoms with Crippen LogP contribution in [0.15, 0.2) is 26.8 Å². The van der Waals surface area contributed by atoms with Gasteiger partial charge in [0, 0.05) is 0 Å². The molecule has 0 radical (unpaired) electrons. The molecule has 8 nitrogen and oxygen atoms in total. The Morgan fingerprint density at radius 2 is 2.18 bits per heavy atom. The van der Waals surface area contributed by atoms with E-state index in [4.69, 9.17) is 4.42 Å². The zero-order chi connectivity index (χ0) is 15.7. The van der Waals surface area contributed by atoms with Gasteiger partial charge < -0.3 is 4.42 Å². The number of hydrogen-bond acceptors (Lipinski definition) is 7. The van der Waals surface area contributed by atoms with Gasteiger partial charge in [0.15, 0.2) is 0 Å². The Kier molecular flexibility index (Phi) is 3.81. The summed E-state index contributed by atoms with van der Waals surface area (Å²) in [6, 6.07) is 3.72. The van der Waals surface area contributed by atoms with Crippen LogP contribution < -0.4 is 4.72 Å². The van der Waals surface area contributed by atoms with Crippen molar-refractivity contribution in [2.75, 3.05) is 0 Å². The summed E-state index contributed by atoms with van der Waals surface area (Å²) in [5.41, 5.74) is 0.893. The van der Waals surface area contributed by atoms with Crippen LogP contribution in [0.3, 0.4) is 0 Å². The summed E-state index contributed by atoms with van der Waals surface area (Å²) >= 11 is 1.47. The first-order valence-corrected chi connectivity index (χ1v) is 8.71. The van der Waals surface area contributed by atoms with E-state index in [1.807, 2.05) is 17.5 Å². The second-order valence-electron chi connectivity index (χ2n) is 4.57. The Balaban J connectivity index is 1.75. The lowest BCUT2D eigenvalue weighted by molar-refractivity contribution is 0.495. The number of nitrogens with zero attached hydrogens (tertiary/aromatic N) is 3. The van der Waals surface area contributed by atoms with Crippen molar-refractivity contribution in [3.8, 4) is 10.8 Å². The van der Waals surface area contributed by atoms with Gasteiger partial charge >= 0.3 is 0 Å². The van der Waals surface area contributed by atoms with Crippen LogP contribution in [-0.2, 0) is 16.6 Å². The molecule has 0 spiro atoms. The summed E-state index contributed by atoms with van der Waals surface area (Å²) in [7, 11) is -3.69. The lowest BCUT2D eigenvalue weighted by Crippen LogP contribution is -2.24. The zero-order valence-corrected chi connectivity index (χ0v) is 13.5. The fourth-order valence-electron chi connectivity index (χ4n) is 1.99. The van der Waals surface area contributed by atoms with Gasteiger partial charge in [-0.1, -0.05) is 6.07 Å². The van der Waals surface area contributed by atoms with Crippen molar-refractivity contribution in [3.63, 3.8) is 0 Å². The highest BCUT2D eigenvalue weighted by atomic mass is 32.2. The molecule has 0 aliphatic heterocycles. The highest BCUT2D eigenvalue weighted by Crippen LogP contribution is 2.23. The van der Waals surface area contributed by atoms with Crippen LogP contribution in [-0.4, -0.2) is 28.8 Å².